The monoisotopic (exact) mass is 285 g/mol. The molecule has 0 atom stereocenters. The van der Waals surface area contributed by atoms with E-state index in [0.717, 1.165) is 17.6 Å². The Labute approximate surface area is 120 Å². The number of nitriles is 1. The summed E-state index contributed by atoms with van der Waals surface area (Å²) in [6, 6.07) is 9.77. The van der Waals surface area contributed by atoms with Crippen molar-refractivity contribution in [2.45, 2.75) is 6.54 Å². The van der Waals surface area contributed by atoms with E-state index in [1.165, 1.54) is 0 Å². The van der Waals surface area contributed by atoms with E-state index in [1.807, 2.05) is 6.07 Å². The molecule has 0 radical (unpaired) electrons. The number of esters is 1. The van der Waals surface area contributed by atoms with Crippen LogP contribution in [0.5, 0.6) is 0 Å². The van der Waals surface area contributed by atoms with Gasteiger partial charge in [0.15, 0.2) is 5.57 Å². The van der Waals surface area contributed by atoms with Gasteiger partial charge in [0.1, 0.15) is 11.8 Å². The number of methoxy groups -OCH3 is 1. The van der Waals surface area contributed by atoms with Crippen LogP contribution in [0.25, 0.3) is 0 Å². The van der Waals surface area contributed by atoms with E-state index >= 15 is 0 Å². The highest BCUT2D eigenvalue weighted by molar-refractivity contribution is 6.16. The van der Waals surface area contributed by atoms with Gasteiger partial charge in [-0.1, -0.05) is 30.3 Å². The number of nitrogens with one attached hydrogen (secondary N) is 1. The van der Waals surface area contributed by atoms with Crippen LogP contribution in [0.3, 0.4) is 0 Å². The van der Waals surface area contributed by atoms with E-state index in [0.29, 0.717) is 0 Å². The number of carbonyl (C=O) groups excluding carboxylic acids is 3. The van der Waals surface area contributed by atoms with Gasteiger partial charge in [-0.25, -0.2) is 9.59 Å². The summed E-state index contributed by atoms with van der Waals surface area (Å²) in [6.45, 7) is 0.0505. The van der Waals surface area contributed by atoms with Crippen molar-refractivity contribution in [1.29, 1.82) is 5.26 Å². The van der Waals surface area contributed by atoms with Crippen LogP contribution in [0.2, 0.25) is 0 Å². The molecule has 7 nitrogen and oxygen atoms in total. The predicted molar refractivity (Wildman–Crippen MR) is 70.2 cm³/mol. The molecule has 0 aliphatic carbocycles. The van der Waals surface area contributed by atoms with Crippen LogP contribution in [0.15, 0.2) is 41.6 Å². The van der Waals surface area contributed by atoms with E-state index in [1.54, 1.807) is 30.3 Å². The number of nitrogens with zero attached hydrogens (tertiary/aromatic N) is 2. The van der Waals surface area contributed by atoms with Gasteiger partial charge in [0.25, 0.3) is 5.91 Å². The van der Waals surface area contributed by atoms with Gasteiger partial charge in [-0.3, -0.25) is 9.69 Å². The first-order chi connectivity index (χ1) is 10.1. The number of carbonyl (C=O) groups is 3. The SMILES string of the molecule is COC(=O)C(C#N)=C1NC(=O)N(Cc2ccccc2)C1=O. The molecule has 1 aliphatic heterocycles. The molecular formula is C14H11N3O4. The molecule has 0 unspecified atom stereocenters. The van der Waals surface area contributed by atoms with Crippen molar-refractivity contribution in [3.63, 3.8) is 0 Å². The largest absolute Gasteiger partial charge is 0.465 e. The molecule has 1 aliphatic rings. The van der Waals surface area contributed by atoms with Gasteiger partial charge >= 0.3 is 12.0 Å². The zero-order chi connectivity index (χ0) is 15.4. The van der Waals surface area contributed by atoms with Crippen LogP contribution >= 0.6 is 0 Å². The quantitative estimate of drug-likeness (QED) is 0.381. The highest BCUT2D eigenvalue weighted by Crippen LogP contribution is 2.17. The number of ether oxygens (including phenoxy) is 1. The van der Waals surface area contributed by atoms with Crippen LogP contribution in [0.4, 0.5) is 4.79 Å². The number of urea groups is 1. The second kappa shape index (κ2) is 5.88. The summed E-state index contributed by atoms with van der Waals surface area (Å²) in [6.07, 6.45) is 0. The number of hydrogen-bond donors (Lipinski definition) is 1. The van der Waals surface area contributed by atoms with Crippen molar-refractivity contribution in [2.24, 2.45) is 0 Å². The van der Waals surface area contributed by atoms with Crippen LogP contribution in [0.1, 0.15) is 5.56 Å². The Kier molecular flexibility index (Phi) is 4.00. The van der Waals surface area contributed by atoms with Crippen molar-refractivity contribution in [1.82, 2.24) is 10.2 Å². The lowest BCUT2D eigenvalue weighted by Crippen LogP contribution is -2.30. The van der Waals surface area contributed by atoms with E-state index in [2.05, 4.69) is 10.1 Å². The Hall–Kier alpha value is -3.14. The fraction of sp³-hybridized carbons (Fsp3) is 0.143. The number of benzene rings is 1. The van der Waals surface area contributed by atoms with Crippen molar-refractivity contribution in [3.05, 3.63) is 47.2 Å². The summed E-state index contributed by atoms with van der Waals surface area (Å²) in [7, 11) is 1.09. The molecule has 1 heterocycles. The summed E-state index contributed by atoms with van der Waals surface area (Å²) in [5.41, 5.74) is -0.129. The third-order valence-corrected chi connectivity index (χ3v) is 2.87. The maximum atomic E-state index is 12.2. The first kappa shape index (κ1) is 14.3. The van der Waals surface area contributed by atoms with Crippen molar-refractivity contribution in [2.75, 3.05) is 7.11 Å². The van der Waals surface area contributed by atoms with Gasteiger partial charge in [0.2, 0.25) is 0 Å². The molecule has 3 amide bonds. The van der Waals surface area contributed by atoms with Gasteiger partial charge in [0, 0.05) is 0 Å². The number of amides is 3. The molecule has 1 N–H and O–H groups in total. The molecule has 0 spiro atoms. The second-order valence-corrected chi connectivity index (χ2v) is 4.16. The molecule has 0 saturated carbocycles. The summed E-state index contributed by atoms with van der Waals surface area (Å²) < 4.78 is 4.41. The third kappa shape index (κ3) is 2.74. The van der Waals surface area contributed by atoms with Crippen molar-refractivity contribution >= 4 is 17.9 Å². The first-order valence-electron chi connectivity index (χ1n) is 5.98. The summed E-state index contributed by atoms with van der Waals surface area (Å²) in [5.74, 6) is -1.70. The molecule has 2 rings (SSSR count). The van der Waals surface area contributed by atoms with Crippen molar-refractivity contribution < 1.29 is 19.1 Å². The fourth-order valence-electron chi connectivity index (χ4n) is 1.84. The fourth-order valence-corrected chi connectivity index (χ4v) is 1.84. The lowest BCUT2D eigenvalue weighted by molar-refractivity contribution is -0.136. The minimum atomic E-state index is -0.970. The first-order valence-corrected chi connectivity index (χ1v) is 5.98. The smallest absolute Gasteiger partial charge is 0.350 e. The standard InChI is InChI=1S/C14H11N3O4/c1-21-13(19)10(7-15)11-12(18)17(14(20)16-11)8-9-5-3-2-4-6-9/h2-6H,8H2,1H3,(H,16,20). The average Bonchev–Trinajstić information content (AvgIpc) is 2.77. The van der Waals surface area contributed by atoms with Crippen LogP contribution < -0.4 is 5.32 Å². The molecule has 1 fully saturated rings. The van der Waals surface area contributed by atoms with Gasteiger partial charge in [0.05, 0.1) is 13.7 Å². The number of rotatable bonds is 3. The molecule has 1 aromatic carbocycles. The van der Waals surface area contributed by atoms with Gasteiger partial charge < -0.3 is 10.1 Å². The van der Waals surface area contributed by atoms with E-state index < -0.39 is 23.5 Å². The Morgan fingerprint density at radius 1 is 1.33 bits per heavy atom. The summed E-state index contributed by atoms with van der Waals surface area (Å²) in [4.78, 5) is 36.3. The second-order valence-electron chi connectivity index (χ2n) is 4.16. The topological polar surface area (TPSA) is 99.5 Å². The molecular weight excluding hydrogens is 274 g/mol. The average molecular weight is 285 g/mol. The molecule has 7 heteroatoms. The predicted octanol–water partition coefficient (Wildman–Crippen LogP) is 0.689. The number of hydrogen-bond acceptors (Lipinski definition) is 5. The Bertz CT molecular complexity index is 673. The highest BCUT2D eigenvalue weighted by atomic mass is 16.5. The van der Waals surface area contributed by atoms with Crippen LogP contribution in [-0.2, 0) is 20.9 Å². The number of imide groups is 1. The van der Waals surface area contributed by atoms with Crippen LogP contribution in [0, 0.1) is 11.3 Å². The maximum absolute atomic E-state index is 12.2. The molecule has 21 heavy (non-hydrogen) atoms. The van der Waals surface area contributed by atoms with Gasteiger partial charge in [-0.2, -0.15) is 5.26 Å². The van der Waals surface area contributed by atoms with E-state index in [4.69, 9.17) is 5.26 Å². The third-order valence-electron chi connectivity index (χ3n) is 2.87. The zero-order valence-corrected chi connectivity index (χ0v) is 11.1. The summed E-state index contributed by atoms with van der Waals surface area (Å²) >= 11 is 0. The Morgan fingerprint density at radius 3 is 2.57 bits per heavy atom. The highest BCUT2D eigenvalue weighted by Gasteiger charge is 2.37. The zero-order valence-electron chi connectivity index (χ0n) is 11.1. The van der Waals surface area contributed by atoms with Gasteiger partial charge in [-0.15, -0.1) is 0 Å². The molecule has 106 valence electrons. The lowest BCUT2D eigenvalue weighted by Gasteiger charge is -2.11. The summed E-state index contributed by atoms with van der Waals surface area (Å²) in [5, 5.41) is 11.2. The van der Waals surface area contributed by atoms with Crippen molar-refractivity contribution in [3.8, 4) is 6.07 Å². The molecule has 1 aromatic rings. The molecule has 0 aromatic heterocycles. The molecule has 0 bridgehead atoms. The minimum absolute atomic E-state index is 0.0505. The maximum Gasteiger partial charge on any atom is 0.350 e. The minimum Gasteiger partial charge on any atom is -0.465 e. The van der Waals surface area contributed by atoms with E-state index in [-0.39, 0.29) is 12.2 Å². The normalized spacial score (nSPS) is 16.3. The van der Waals surface area contributed by atoms with E-state index in [9.17, 15) is 14.4 Å². The Balaban J connectivity index is 2.31. The molecule has 1 saturated heterocycles. The van der Waals surface area contributed by atoms with Gasteiger partial charge in [-0.05, 0) is 5.56 Å². The lowest BCUT2D eigenvalue weighted by atomic mass is 10.2. The van der Waals surface area contributed by atoms with Crippen LogP contribution in [-0.4, -0.2) is 29.9 Å². The Morgan fingerprint density at radius 2 is 2.00 bits per heavy atom.